The molecule has 338 valence electrons. The lowest BCUT2D eigenvalue weighted by molar-refractivity contribution is -0.138. The van der Waals surface area contributed by atoms with E-state index >= 15 is 0 Å². The summed E-state index contributed by atoms with van der Waals surface area (Å²) in [6, 6.07) is 7.09. The maximum atomic E-state index is 14.2. The number of nitrogens with one attached hydrogen (secondary N) is 1. The summed E-state index contributed by atoms with van der Waals surface area (Å²) in [5.41, 5.74) is 1.42. The number of benzene rings is 1. The minimum absolute atomic E-state index is 0.0129. The second-order valence-electron chi connectivity index (χ2n) is 17.2. The molecule has 3 aliphatic heterocycles. The third-order valence-corrected chi connectivity index (χ3v) is 12.8. The smallest absolute Gasteiger partial charge is 0.256 e. The van der Waals surface area contributed by atoms with Crippen LogP contribution >= 0.6 is 11.6 Å². The van der Waals surface area contributed by atoms with Gasteiger partial charge in [0.15, 0.2) is 0 Å². The molecule has 12 nitrogen and oxygen atoms in total. The molecule has 4 aliphatic rings. The van der Waals surface area contributed by atoms with E-state index in [9.17, 15) is 28.4 Å². The number of amides is 5. The van der Waals surface area contributed by atoms with Crippen molar-refractivity contribution >= 4 is 41.1 Å². The standard InChI is InChI=1S/C44H65ClFN7O5.C3H6/c1-5-38(46)33(3)43(57)51-25-23-50(24-26-51)40(55)31-48(4)18-16-32(2)29-49-19-21-52(22-20-49)44(58)41(34-11-7-6-8-12-34)47-42(56)36-14-9-13-35(27-36)37-15-10-17-53(30-37)39(54)28-45;1-3-2/h5,9,13-14,27,32,34,37,41H,3,6-8,10-12,15-26,28-31H2,1-2,4H3,(H,47,56);3H,1H2,2H3/b38-5+;. The van der Waals surface area contributed by atoms with Crippen LogP contribution in [0.15, 0.2) is 61.0 Å². The highest BCUT2D eigenvalue weighted by Gasteiger charge is 2.36. The molecular weight excluding hydrogens is 797 g/mol. The summed E-state index contributed by atoms with van der Waals surface area (Å²) in [5, 5.41) is 3.20. The van der Waals surface area contributed by atoms with Crippen LogP contribution in [0.5, 0.6) is 0 Å². The number of halogens is 2. The predicted octanol–water partition coefficient (Wildman–Crippen LogP) is 5.70. The molecule has 14 heteroatoms. The quantitative estimate of drug-likeness (QED) is 0.104. The number of piperazine rings is 2. The Labute approximate surface area is 369 Å². The number of hydrogen-bond acceptors (Lipinski definition) is 7. The van der Waals surface area contributed by atoms with Gasteiger partial charge in [-0.15, -0.1) is 18.2 Å². The number of piperidine rings is 1. The molecule has 1 aromatic rings. The molecule has 0 radical (unpaired) electrons. The number of rotatable bonds is 15. The lowest BCUT2D eigenvalue weighted by atomic mass is 9.83. The number of likely N-dealkylation sites (N-methyl/N-ethyl adjacent to an activating group) is 1. The van der Waals surface area contributed by atoms with E-state index in [1.165, 1.54) is 13.0 Å². The van der Waals surface area contributed by atoms with Crippen molar-refractivity contribution in [1.29, 1.82) is 0 Å². The zero-order chi connectivity index (χ0) is 44.5. The van der Waals surface area contributed by atoms with Crippen LogP contribution in [0.1, 0.15) is 94.0 Å². The van der Waals surface area contributed by atoms with E-state index in [-0.39, 0.29) is 46.9 Å². The number of carbonyl (C=O) groups is 5. The van der Waals surface area contributed by atoms with E-state index in [1.54, 1.807) is 15.9 Å². The molecule has 61 heavy (non-hydrogen) atoms. The van der Waals surface area contributed by atoms with E-state index in [0.717, 1.165) is 83.1 Å². The van der Waals surface area contributed by atoms with Crippen molar-refractivity contribution < 1.29 is 28.4 Å². The van der Waals surface area contributed by atoms with E-state index in [1.807, 2.05) is 52.9 Å². The molecule has 1 aromatic carbocycles. The van der Waals surface area contributed by atoms with Gasteiger partial charge in [-0.05, 0) is 89.1 Å². The van der Waals surface area contributed by atoms with Gasteiger partial charge in [-0.25, -0.2) is 4.39 Å². The van der Waals surface area contributed by atoms with Gasteiger partial charge < -0.3 is 24.9 Å². The Morgan fingerprint density at radius 1 is 0.885 bits per heavy atom. The van der Waals surface area contributed by atoms with Crippen LogP contribution in [0.3, 0.4) is 0 Å². The Balaban J connectivity index is 0.00000265. The number of carbonyl (C=O) groups excluding carboxylic acids is 5. The fourth-order valence-electron chi connectivity index (χ4n) is 8.92. The van der Waals surface area contributed by atoms with Crippen LogP contribution in [0, 0.1) is 11.8 Å². The van der Waals surface area contributed by atoms with Gasteiger partial charge in [0.2, 0.25) is 17.7 Å². The fraction of sp³-hybridized carbons (Fsp3) is 0.638. The second kappa shape index (κ2) is 25.1. The zero-order valence-corrected chi connectivity index (χ0v) is 38.0. The van der Waals surface area contributed by atoms with Crippen molar-refractivity contribution in [1.82, 2.24) is 34.7 Å². The molecule has 1 N–H and O–H groups in total. The Morgan fingerprint density at radius 3 is 2.16 bits per heavy atom. The molecule has 3 heterocycles. The first kappa shape index (κ1) is 49.6. The lowest BCUT2D eigenvalue weighted by Crippen LogP contribution is -2.57. The van der Waals surface area contributed by atoms with Gasteiger partial charge >= 0.3 is 0 Å². The first-order valence-electron chi connectivity index (χ1n) is 22.4. The molecule has 5 rings (SSSR count). The van der Waals surface area contributed by atoms with Gasteiger partial charge in [-0.2, -0.15) is 0 Å². The Hall–Kier alpha value is -4.07. The van der Waals surface area contributed by atoms with Crippen molar-refractivity contribution in [3.8, 4) is 0 Å². The summed E-state index contributed by atoms with van der Waals surface area (Å²) in [6.45, 7) is 20.1. The highest BCUT2D eigenvalue weighted by Crippen LogP contribution is 2.30. The van der Waals surface area contributed by atoms with Crippen molar-refractivity contribution in [3.05, 3.63) is 72.1 Å². The Morgan fingerprint density at radius 2 is 1.52 bits per heavy atom. The Kier molecular flexibility index (Phi) is 20.4. The third-order valence-electron chi connectivity index (χ3n) is 12.6. The van der Waals surface area contributed by atoms with Crippen LogP contribution in [-0.4, -0.2) is 163 Å². The van der Waals surface area contributed by atoms with Gasteiger partial charge in [-0.1, -0.05) is 57.0 Å². The highest BCUT2D eigenvalue weighted by molar-refractivity contribution is 6.27. The lowest BCUT2D eigenvalue weighted by Gasteiger charge is -2.39. The molecule has 5 amide bonds. The van der Waals surface area contributed by atoms with Gasteiger partial charge in [0.05, 0.1) is 12.1 Å². The van der Waals surface area contributed by atoms with Crippen LogP contribution in [0.2, 0.25) is 0 Å². The number of nitrogens with zero attached hydrogens (tertiary/aromatic N) is 6. The van der Waals surface area contributed by atoms with Crippen molar-refractivity contribution in [3.63, 3.8) is 0 Å². The van der Waals surface area contributed by atoms with E-state index in [0.29, 0.717) is 70.4 Å². The van der Waals surface area contributed by atoms with Crippen molar-refractivity contribution in [2.24, 2.45) is 11.8 Å². The SMILES string of the molecule is C=C(C(=O)N1CCN(C(=O)CN(C)CCC(C)CN2CCN(C(=O)C(NC(=O)c3cccc(C4CCCN(C(=O)CCl)C4)c3)C3CCCCC3)CC2)CC1)/C(F)=C\C.C=CC. The topological polar surface area (TPSA) is 117 Å². The van der Waals surface area contributed by atoms with Crippen molar-refractivity contribution in [2.45, 2.75) is 84.1 Å². The minimum atomic E-state index is -0.621. The summed E-state index contributed by atoms with van der Waals surface area (Å²) in [4.78, 5) is 77.4. The van der Waals surface area contributed by atoms with E-state index in [4.69, 9.17) is 11.6 Å². The first-order chi connectivity index (χ1) is 29.3. The Bertz CT molecular complexity index is 1690. The second-order valence-corrected chi connectivity index (χ2v) is 17.5. The summed E-state index contributed by atoms with van der Waals surface area (Å²) >= 11 is 5.84. The number of allylic oxidation sites excluding steroid dienone is 2. The third kappa shape index (κ3) is 14.8. The van der Waals surface area contributed by atoms with Crippen molar-refractivity contribution in [2.75, 3.05) is 98.0 Å². The van der Waals surface area contributed by atoms with Gasteiger partial charge in [-0.3, -0.25) is 33.8 Å². The molecule has 0 spiro atoms. The van der Waals surface area contributed by atoms with Gasteiger partial charge in [0.1, 0.15) is 17.7 Å². The average Bonchev–Trinajstić information content (AvgIpc) is 3.29. The number of alkyl halides is 1. The molecule has 1 saturated carbocycles. The molecule has 3 unspecified atom stereocenters. The van der Waals surface area contributed by atoms with Crippen LogP contribution in [0.4, 0.5) is 4.39 Å². The molecule has 0 bridgehead atoms. The first-order valence-corrected chi connectivity index (χ1v) is 22.9. The van der Waals surface area contributed by atoms with Crippen LogP contribution in [-0.2, 0) is 19.2 Å². The molecular formula is C47H71ClFN7O5. The minimum Gasteiger partial charge on any atom is -0.341 e. The average molecular weight is 869 g/mol. The zero-order valence-electron chi connectivity index (χ0n) is 37.2. The molecule has 4 fully saturated rings. The maximum absolute atomic E-state index is 14.2. The monoisotopic (exact) mass is 868 g/mol. The van der Waals surface area contributed by atoms with Crippen LogP contribution in [0.25, 0.3) is 0 Å². The molecule has 0 aromatic heterocycles. The summed E-state index contributed by atoms with van der Waals surface area (Å²) in [6.07, 6.45) is 10.8. The highest BCUT2D eigenvalue weighted by atomic mass is 35.5. The van der Waals surface area contributed by atoms with E-state index in [2.05, 4.69) is 30.3 Å². The number of likely N-dealkylation sites (tertiary alicyclic amines) is 1. The molecule has 3 atom stereocenters. The summed E-state index contributed by atoms with van der Waals surface area (Å²) in [7, 11) is 1.95. The number of hydrogen-bond donors (Lipinski definition) is 1. The normalized spacial score (nSPS) is 20.3. The van der Waals surface area contributed by atoms with Gasteiger partial charge in [0.25, 0.3) is 11.8 Å². The predicted molar refractivity (Wildman–Crippen MR) is 241 cm³/mol. The molecule has 3 saturated heterocycles. The van der Waals surface area contributed by atoms with Crippen LogP contribution < -0.4 is 5.32 Å². The fourth-order valence-corrected chi connectivity index (χ4v) is 9.09. The maximum Gasteiger partial charge on any atom is 0.256 e. The largest absolute Gasteiger partial charge is 0.341 e. The van der Waals surface area contributed by atoms with E-state index < -0.39 is 17.8 Å². The van der Waals surface area contributed by atoms with Gasteiger partial charge in [0, 0.05) is 83.5 Å². The molecule has 1 aliphatic carbocycles. The summed E-state index contributed by atoms with van der Waals surface area (Å²) in [5.74, 6) is -0.707. The summed E-state index contributed by atoms with van der Waals surface area (Å²) < 4.78 is 13.8.